The van der Waals surface area contributed by atoms with E-state index < -0.39 is 0 Å². The number of hydrogen-bond donors (Lipinski definition) is 1. The molecular weight excluding hydrogens is 363 g/mol. The molecule has 2 aromatic rings. The Morgan fingerprint density at radius 1 is 1.25 bits per heavy atom. The minimum atomic E-state index is 0.353. The van der Waals surface area contributed by atoms with Crippen molar-refractivity contribution in [3.8, 4) is 11.5 Å². The van der Waals surface area contributed by atoms with Crippen LogP contribution in [-0.4, -0.2) is 21.5 Å². The topological polar surface area (TPSA) is 50.7 Å². The lowest BCUT2D eigenvalue weighted by molar-refractivity contribution is 0.807. The van der Waals surface area contributed by atoms with Gasteiger partial charge in [-0.05, 0) is 54.0 Å². The Balaban J connectivity index is 2.55. The van der Waals surface area contributed by atoms with Crippen molar-refractivity contribution in [3.63, 3.8) is 0 Å². The van der Waals surface area contributed by atoms with E-state index in [1.807, 2.05) is 25.3 Å². The maximum atomic E-state index is 4.69. The van der Waals surface area contributed by atoms with Gasteiger partial charge in [-0.25, -0.2) is 9.97 Å². The molecule has 2 rings (SSSR count). The van der Waals surface area contributed by atoms with E-state index in [4.69, 9.17) is 4.98 Å². The average Bonchev–Trinajstić information content (AvgIpc) is 2.42. The molecule has 0 atom stereocenters. The molecule has 0 saturated heterocycles. The van der Waals surface area contributed by atoms with Crippen molar-refractivity contribution >= 4 is 28.4 Å². The second-order valence-corrected chi connectivity index (χ2v) is 6.08. The summed E-state index contributed by atoms with van der Waals surface area (Å²) in [5, 5.41) is 3.31. The summed E-state index contributed by atoms with van der Waals surface area (Å²) in [7, 11) is 0. The monoisotopic (exact) mass is 382 g/mol. The highest BCUT2D eigenvalue weighted by Crippen LogP contribution is 2.27. The third-order valence-electron chi connectivity index (χ3n) is 2.91. The second kappa shape index (κ2) is 6.47. The van der Waals surface area contributed by atoms with Crippen LogP contribution in [0.4, 0.5) is 5.82 Å². The van der Waals surface area contributed by atoms with E-state index >= 15 is 0 Å². The van der Waals surface area contributed by atoms with Gasteiger partial charge in [0.1, 0.15) is 11.5 Å². The summed E-state index contributed by atoms with van der Waals surface area (Å²) in [6.07, 6.45) is 1.85. The Labute approximate surface area is 133 Å². The maximum absolute atomic E-state index is 4.69. The maximum Gasteiger partial charge on any atom is 0.180 e. The smallest absolute Gasteiger partial charge is 0.180 e. The number of hydrogen-bond acceptors (Lipinski definition) is 4. The Hall–Kier alpha value is -1.24. The molecule has 0 unspecified atom stereocenters. The van der Waals surface area contributed by atoms with E-state index in [2.05, 4.69) is 58.6 Å². The van der Waals surface area contributed by atoms with Crippen molar-refractivity contribution in [1.82, 2.24) is 15.0 Å². The summed E-state index contributed by atoms with van der Waals surface area (Å²) in [6, 6.07) is 4.00. The molecule has 2 heterocycles. The molecule has 0 aromatic carbocycles. The Bertz CT molecular complexity index is 594. The van der Waals surface area contributed by atoms with Crippen LogP contribution in [0.2, 0.25) is 0 Å². The second-order valence-electron chi connectivity index (χ2n) is 5.00. The molecule has 0 aliphatic heterocycles. The van der Waals surface area contributed by atoms with Gasteiger partial charge in [-0.1, -0.05) is 19.9 Å². The summed E-state index contributed by atoms with van der Waals surface area (Å²) >= 11 is 2.31. The minimum Gasteiger partial charge on any atom is -0.369 e. The third kappa shape index (κ3) is 3.26. The van der Waals surface area contributed by atoms with Gasteiger partial charge in [0.05, 0.1) is 9.26 Å². The molecule has 4 nitrogen and oxygen atoms in total. The van der Waals surface area contributed by atoms with Crippen LogP contribution in [0.5, 0.6) is 0 Å². The highest BCUT2D eigenvalue weighted by molar-refractivity contribution is 14.1. The molecule has 0 fully saturated rings. The molecule has 2 aromatic heterocycles. The van der Waals surface area contributed by atoms with E-state index in [0.717, 1.165) is 32.9 Å². The molecule has 5 heteroatoms. The van der Waals surface area contributed by atoms with Gasteiger partial charge in [0, 0.05) is 12.7 Å². The number of rotatable bonds is 4. The molecule has 0 spiro atoms. The van der Waals surface area contributed by atoms with Crippen molar-refractivity contribution in [2.24, 2.45) is 0 Å². The number of anilines is 1. The summed E-state index contributed by atoms with van der Waals surface area (Å²) in [6.45, 7) is 9.22. The number of aryl methyl sites for hydroxylation is 1. The highest BCUT2D eigenvalue weighted by atomic mass is 127. The first-order valence-electron chi connectivity index (χ1n) is 6.77. The zero-order valence-electron chi connectivity index (χ0n) is 12.2. The van der Waals surface area contributed by atoms with Crippen molar-refractivity contribution in [1.29, 1.82) is 0 Å². The average molecular weight is 382 g/mol. The molecule has 0 radical (unpaired) electrons. The number of nitrogens with zero attached hydrogens (tertiary/aromatic N) is 3. The van der Waals surface area contributed by atoms with Crippen LogP contribution in [-0.2, 0) is 0 Å². The lowest BCUT2D eigenvalue weighted by Crippen LogP contribution is -2.09. The van der Waals surface area contributed by atoms with E-state index in [0.29, 0.717) is 11.7 Å². The standard InChI is InChI=1S/C15H19IN4/c1-5-17-15-12(16)13(9(2)3)19-14(20-15)11-7-6-10(4)8-18-11/h6-9H,5H2,1-4H3,(H,17,19,20). The number of aromatic nitrogens is 3. The number of halogens is 1. The molecule has 1 N–H and O–H groups in total. The molecule has 20 heavy (non-hydrogen) atoms. The molecule has 0 amide bonds. The van der Waals surface area contributed by atoms with Crippen molar-refractivity contribution in [2.75, 3.05) is 11.9 Å². The SMILES string of the molecule is CCNc1nc(-c2ccc(C)cn2)nc(C(C)C)c1I. The lowest BCUT2D eigenvalue weighted by Gasteiger charge is -2.14. The van der Waals surface area contributed by atoms with Gasteiger partial charge in [-0.15, -0.1) is 0 Å². The van der Waals surface area contributed by atoms with Gasteiger partial charge in [0.25, 0.3) is 0 Å². The van der Waals surface area contributed by atoms with Crippen molar-refractivity contribution < 1.29 is 0 Å². The van der Waals surface area contributed by atoms with Gasteiger partial charge in [0.15, 0.2) is 5.82 Å². The van der Waals surface area contributed by atoms with Crippen LogP contribution < -0.4 is 5.32 Å². The molecule has 0 aliphatic rings. The molecule has 106 valence electrons. The predicted octanol–water partition coefficient (Wildman–Crippen LogP) is 4.01. The Kier molecular flexibility index (Phi) is 4.91. The zero-order valence-corrected chi connectivity index (χ0v) is 14.4. The van der Waals surface area contributed by atoms with Crippen molar-refractivity contribution in [2.45, 2.75) is 33.6 Å². The number of pyridine rings is 1. The van der Waals surface area contributed by atoms with Crippen LogP contribution >= 0.6 is 22.6 Å². The first-order valence-corrected chi connectivity index (χ1v) is 7.85. The van der Waals surface area contributed by atoms with E-state index in [1.54, 1.807) is 0 Å². The largest absolute Gasteiger partial charge is 0.369 e. The minimum absolute atomic E-state index is 0.353. The summed E-state index contributed by atoms with van der Waals surface area (Å²) in [4.78, 5) is 13.7. The van der Waals surface area contributed by atoms with Crippen molar-refractivity contribution in [3.05, 3.63) is 33.2 Å². The fraction of sp³-hybridized carbons (Fsp3) is 0.400. The molecule has 0 bridgehead atoms. The van der Waals surface area contributed by atoms with Gasteiger partial charge in [-0.2, -0.15) is 0 Å². The van der Waals surface area contributed by atoms with Gasteiger partial charge in [0.2, 0.25) is 0 Å². The van der Waals surface area contributed by atoms with Crippen LogP contribution in [0.3, 0.4) is 0 Å². The normalized spacial score (nSPS) is 10.9. The van der Waals surface area contributed by atoms with Gasteiger partial charge < -0.3 is 5.32 Å². The summed E-state index contributed by atoms with van der Waals surface area (Å²) < 4.78 is 1.09. The fourth-order valence-corrected chi connectivity index (χ4v) is 2.90. The summed E-state index contributed by atoms with van der Waals surface area (Å²) in [5.74, 6) is 1.93. The lowest BCUT2D eigenvalue weighted by atomic mass is 10.1. The molecule has 0 saturated carbocycles. The first kappa shape index (κ1) is 15.2. The predicted molar refractivity (Wildman–Crippen MR) is 91.0 cm³/mol. The van der Waals surface area contributed by atoms with Crippen LogP contribution in [0.15, 0.2) is 18.3 Å². The molecular formula is C15H19IN4. The van der Waals surface area contributed by atoms with Crippen LogP contribution in [0.25, 0.3) is 11.5 Å². The van der Waals surface area contributed by atoms with Crippen LogP contribution in [0, 0.1) is 10.5 Å². The van der Waals surface area contributed by atoms with E-state index in [-0.39, 0.29) is 0 Å². The van der Waals surface area contributed by atoms with Gasteiger partial charge >= 0.3 is 0 Å². The van der Waals surface area contributed by atoms with E-state index in [1.165, 1.54) is 0 Å². The van der Waals surface area contributed by atoms with E-state index in [9.17, 15) is 0 Å². The molecule has 0 aliphatic carbocycles. The first-order chi connectivity index (χ1) is 9.52. The Morgan fingerprint density at radius 3 is 2.55 bits per heavy atom. The number of nitrogens with one attached hydrogen (secondary N) is 1. The van der Waals surface area contributed by atoms with Gasteiger partial charge in [-0.3, -0.25) is 4.98 Å². The van der Waals surface area contributed by atoms with Crippen LogP contribution in [0.1, 0.15) is 37.9 Å². The fourth-order valence-electron chi connectivity index (χ4n) is 1.85. The highest BCUT2D eigenvalue weighted by Gasteiger charge is 2.15. The third-order valence-corrected chi connectivity index (χ3v) is 3.97. The zero-order chi connectivity index (χ0) is 14.7. The Morgan fingerprint density at radius 2 is 2.00 bits per heavy atom. The quantitative estimate of drug-likeness (QED) is 0.812. The summed E-state index contributed by atoms with van der Waals surface area (Å²) in [5.41, 5.74) is 3.01.